The van der Waals surface area contributed by atoms with E-state index in [4.69, 9.17) is 11.6 Å². The molecule has 1 N–H and O–H groups in total. The maximum absolute atomic E-state index is 12.0. The number of para-hydroxylation sites is 1. The highest BCUT2D eigenvalue weighted by Gasteiger charge is 2.38. The number of nitrogens with one attached hydrogen (secondary N) is 1. The molecule has 5 heteroatoms. The van der Waals surface area contributed by atoms with Crippen molar-refractivity contribution in [3.8, 4) is 0 Å². The van der Waals surface area contributed by atoms with Crippen LogP contribution >= 0.6 is 11.6 Å². The van der Waals surface area contributed by atoms with Gasteiger partial charge in [0, 0.05) is 5.54 Å². The zero-order valence-electron chi connectivity index (χ0n) is 9.66. The SMILES string of the molecule is CC1(C)CC(=O)N(c2ccccc2Cl)C(=O)N1. The molecule has 2 rings (SSSR count). The van der Waals surface area contributed by atoms with Crippen LogP contribution in [0.15, 0.2) is 24.3 Å². The lowest BCUT2D eigenvalue weighted by Gasteiger charge is -2.36. The number of urea groups is 1. The number of hydrogen-bond donors (Lipinski definition) is 1. The average molecular weight is 253 g/mol. The van der Waals surface area contributed by atoms with Crippen LogP contribution in [0.25, 0.3) is 0 Å². The van der Waals surface area contributed by atoms with Crippen molar-refractivity contribution in [1.29, 1.82) is 0 Å². The molecule has 0 aromatic heterocycles. The first-order valence-corrected chi connectivity index (χ1v) is 5.68. The van der Waals surface area contributed by atoms with Crippen LogP contribution in [0, 0.1) is 0 Å². The number of carbonyl (C=O) groups excluding carboxylic acids is 2. The summed E-state index contributed by atoms with van der Waals surface area (Å²) in [5.74, 6) is -0.244. The molecule has 0 spiro atoms. The Morgan fingerprint density at radius 2 is 1.94 bits per heavy atom. The van der Waals surface area contributed by atoms with E-state index >= 15 is 0 Å². The smallest absolute Gasteiger partial charge is 0.329 e. The maximum Gasteiger partial charge on any atom is 0.329 e. The molecular weight excluding hydrogens is 240 g/mol. The van der Waals surface area contributed by atoms with Gasteiger partial charge in [0.1, 0.15) is 0 Å². The Labute approximate surface area is 105 Å². The Morgan fingerprint density at radius 3 is 2.53 bits per heavy atom. The van der Waals surface area contributed by atoms with Gasteiger partial charge in [-0.1, -0.05) is 23.7 Å². The van der Waals surface area contributed by atoms with Crippen LogP contribution < -0.4 is 10.2 Å². The van der Waals surface area contributed by atoms with E-state index in [0.29, 0.717) is 10.7 Å². The zero-order valence-corrected chi connectivity index (χ0v) is 10.4. The highest BCUT2D eigenvalue weighted by molar-refractivity contribution is 6.35. The van der Waals surface area contributed by atoms with Crippen LogP contribution in [-0.4, -0.2) is 17.5 Å². The van der Waals surface area contributed by atoms with Gasteiger partial charge in [-0.3, -0.25) is 4.79 Å². The summed E-state index contributed by atoms with van der Waals surface area (Å²) in [4.78, 5) is 25.0. The van der Waals surface area contributed by atoms with Crippen LogP contribution in [0.1, 0.15) is 20.3 Å². The van der Waals surface area contributed by atoms with Crippen LogP contribution in [-0.2, 0) is 4.79 Å². The topological polar surface area (TPSA) is 49.4 Å². The molecule has 17 heavy (non-hydrogen) atoms. The molecule has 0 radical (unpaired) electrons. The highest BCUT2D eigenvalue weighted by atomic mass is 35.5. The van der Waals surface area contributed by atoms with Crippen molar-refractivity contribution in [2.75, 3.05) is 4.90 Å². The first-order valence-electron chi connectivity index (χ1n) is 5.30. The molecule has 3 amide bonds. The third kappa shape index (κ3) is 2.26. The number of hydrogen-bond acceptors (Lipinski definition) is 2. The van der Waals surface area contributed by atoms with Gasteiger partial charge in [0.05, 0.1) is 17.1 Å². The molecule has 1 saturated heterocycles. The van der Waals surface area contributed by atoms with Gasteiger partial charge >= 0.3 is 6.03 Å². The molecule has 1 aliphatic rings. The van der Waals surface area contributed by atoms with E-state index in [-0.39, 0.29) is 12.3 Å². The second-order valence-electron chi connectivity index (χ2n) is 4.67. The number of amides is 3. The maximum atomic E-state index is 12.0. The Balaban J connectivity index is 2.38. The predicted octanol–water partition coefficient (Wildman–Crippen LogP) is 2.56. The largest absolute Gasteiger partial charge is 0.332 e. The van der Waals surface area contributed by atoms with Crippen molar-refractivity contribution in [2.45, 2.75) is 25.8 Å². The van der Waals surface area contributed by atoms with Gasteiger partial charge in [-0.25, -0.2) is 9.69 Å². The van der Waals surface area contributed by atoms with Gasteiger partial charge in [0.25, 0.3) is 0 Å². The molecular formula is C12H13ClN2O2. The van der Waals surface area contributed by atoms with Crippen molar-refractivity contribution in [3.63, 3.8) is 0 Å². The number of nitrogens with zero attached hydrogens (tertiary/aromatic N) is 1. The predicted molar refractivity (Wildman–Crippen MR) is 66.2 cm³/mol. The molecule has 1 fully saturated rings. The summed E-state index contributed by atoms with van der Waals surface area (Å²) >= 11 is 5.99. The molecule has 90 valence electrons. The van der Waals surface area contributed by atoms with Crippen LogP contribution in [0.2, 0.25) is 5.02 Å². The summed E-state index contributed by atoms with van der Waals surface area (Å²) < 4.78 is 0. The van der Waals surface area contributed by atoms with Gasteiger partial charge in [-0.15, -0.1) is 0 Å². The Kier molecular flexibility index (Phi) is 2.83. The summed E-state index contributed by atoms with van der Waals surface area (Å²) in [5, 5.41) is 3.15. The third-order valence-electron chi connectivity index (χ3n) is 2.58. The molecule has 1 heterocycles. The zero-order chi connectivity index (χ0) is 12.6. The summed E-state index contributed by atoms with van der Waals surface area (Å²) in [6.07, 6.45) is 0.254. The van der Waals surface area contributed by atoms with E-state index in [1.165, 1.54) is 0 Å². The fourth-order valence-corrected chi connectivity index (χ4v) is 2.06. The Morgan fingerprint density at radius 1 is 1.29 bits per heavy atom. The summed E-state index contributed by atoms with van der Waals surface area (Å²) in [6.45, 7) is 3.62. The van der Waals surface area contributed by atoms with Crippen molar-refractivity contribution in [2.24, 2.45) is 0 Å². The molecule has 0 saturated carbocycles. The number of imide groups is 1. The molecule has 0 unspecified atom stereocenters. The lowest BCUT2D eigenvalue weighted by molar-refractivity contribution is -0.119. The second-order valence-corrected chi connectivity index (χ2v) is 5.08. The van der Waals surface area contributed by atoms with E-state index < -0.39 is 11.6 Å². The van der Waals surface area contributed by atoms with Crippen molar-refractivity contribution in [3.05, 3.63) is 29.3 Å². The Hall–Kier alpha value is -1.55. The molecule has 1 aromatic rings. The minimum Gasteiger partial charge on any atom is -0.332 e. The third-order valence-corrected chi connectivity index (χ3v) is 2.90. The van der Waals surface area contributed by atoms with E-state index in [2.05, 4.69) is 5.32 Å². The van der Waals surface area contributed by atoms with E-state index in [9.17, 15) is 9.59 Å². The fraction of sp³-hybridized carbons (Fsp3) is 0.333. The quantitative estimate of drug-likeness (QED) is 0.835. The first kappa shape index (κ1) is 11.9. The summed E-state index contributed by atoms with van der Waals surface area (Å²) in [6, 6.07) is 6.36. The van der Waals surface area contributed by atoms with Crippen LogP contribution in [0.4, 0.5) is 10.5 Å². The van der Waals surface area contributed by atoms with Crippen molar-refractivity contribution < 1.29 is 9.59 Å². The minimum absolute atomic E-state index is 0.244. The number of rotatable bonds is 1. The highest BCUT2D eigenvalue weighted by Crippen LogP contribution is 2.29. The van der Waals surface area contributed by atoms with Gasteiger partial charge in [0.15, 0.2) is 0 Å². The molecule has 0 aliphatic carbocycles. The minimum atomic E-state index is -0.508. The van der Waals surface area contributed by atoms with Gasteiger partial charge in [-0.2, -0.15) is 0 Å². The normalized spacial score (nSPS) is 19.1. The first-order chi connectivity index (χ1) is 7.91. The molecule has 4 nitrogen and oxygen atoms in total. The van der Waals surface area contributed by atoms with E-state index in [1.807, 2.05) is 13.8 Å². The average Bonchev–Trinajstić information content (AvgIpc) is 2.17. The second kappa shape index (κ2) is 4.04. The van der Waals surface area contributed by atoms with Gasteiger partial charge < -0.3 is 5.32 Å². The molecule has 1 aliphatic heterocycles. The molecule has 1 aromatic carbocycles. The van der Waals surface area contributed by atoms with Gasteiger partial charge in [-0.05, 0) is 26.0 Å². The summed E-state index contributed by atoms with van der Waals surface area (Å²) in [5.41, 5.74) is -0.0847. The number of halogens is 1. The standard InChI is InChI=1S/C12H13ClN2O2/c1-12(2)7-10(16)15(11(17)14-12)9-6-4-3-5-8(9)13/h3-6H,7H2,1-2H3,(H,14,17). The summed E-state index contributed by atoms with van der Waals surface area (Å²) in [7, 11) is 0. The van der Waals surface area contributed by atoms with Crippen LogP contribution in [0.5, 0.6) is 0 Å². The van der Waals surface area contributed by atoms with Crippen LogP contribution in [0.3, 0.4) is 0 Å². The van der Waals surface area contributed by atoms with E-state index in [0.717, 1.165) is 4.90 Å². The number of carbonyl (C=O) groups is 2. The number of benzene rings is 1. The van der Waals surface area contributed by atoms with Crippen molar-refractivity contribution >= 4 is 29.2 Å². The number of anilines is 1. The lowest BCUT2D eigenvalue weighted by atomic mass is 9.97. The van der Waals surface area contributed by atoms with Gasteiger partial charge in [0.2, 0.25) is 5.91 Å². The van der Waals surface area contributed by atoms with Crippen molar-refractivity contribution in [1.82, 2.24) is 5.32 Å². The molecule has 0 atom stereocenters. The molecule has 0 bridgehead atoms. The Bertz CT molecular complexity index is 465. The monoisotopic (exact) mass is 252 g/mol. The fourth-order valence-electron chi connectivity index (χ4n) is 1.84. The van der Waals surface area contributed by atoms with E-state index in [1.54, 1.807) is 24.3 Å². The lowest BCUT2D eigenvalue weighted by Crippen LogP contribution is -2.59.